The number of aromatic nitrogens is 3. The molecule has 1 amide bonds. The van der Waals surface area contributed by atoms with Gasteiger partial charge in [-0.15, -0.1) is 0 Å². The fraction of sp³-hybridized carbons (Fsp3) is 0.118. The lowest BCUT2D eigenvalue weighted by Crippen LogP contribution is -2.05. The van der Waals surface area contributed by atoms with E-state index in [4.69, 9.17) is 15.6 Å². The number of nitrogens with one attached hydrogen (secondary N) is 1. The maximum absolute atomic E-state index is 14.0. The molecule has 3 aromatic heterocycles. The van der Waals surface area contributed by atoms with Crippen LogP contribution in [0.1, 0.15) is 5.56 Å². The van der Waals surface area contributed by atoms with Crippen molar-refractivity contribution >= 4 is 23.0 Å². The van der Waals surface area contributed by atoms with Crippen molar-refractivity contribution in [3.05, 3.63) is 48.2 Å². The highest BCUT2D eigenvalue weighted by Crippen LogP contribution is 2.27. The molecule has 0 aromatic carbocycles. The number of aliphatic hydroxyl groups is 1. The van der Waals surface area contributed by atoms with E-state index in [0.29, 0.717) is 16.8 Å². The lowest BCUT2D eigenvalue weighted by molar-refractivity contribution is -0.113. The molecule has 3 heterocycles. The molecule has 3 aromatic rings. The largest absolute Gasteiger partial charge is 0.473 e. The number of hydrogen-bond acceptors (Lipinski definition) is 5. The van der Waals surface area contributed by atoms with Crippen LogP contribution in [0, 0.1) is 5.82 Å². The van der Waals surface area contributed by atoms with E-state index in [9.17, 15) is 9.18 Å². The number of hydrogen-bond donors (Lipinski definition) is 3. The smallest absolute Gasteiger partial charge is 0.250 e. The van der Waals surface area contributed by atoms with Gasteiger partial charge in [-0.1, -0.05) is 0 Å². The first kappa shape index (κ1) is 16.6. The zero-order chi connectivity index (χ0) is 17.8. The maximum Gasteiger partial charge on any atom is 0.250 e. The summed E-state index contributed by atoms with van der Waals surface area (Å²) >= 11 is 0. The Bertz CT molecular complexity index is 952. The van der Waals surface area contributed by atoms with Crippen molar-refractivity contribution in [1.82, 2.24) is 15.0 Å². The van der Waals surface area contributed by atoms with Gasteiger partial charge >= 0.3 is 0 Å². The van der Waals surface area contributed by atoms with Crippen molar-refractivity contribution in [3.8, 4) is 17.0 Å². The van der Waals surface area contributed by atoms with Gasteiger partial charge in [0, 0.05) is 46.7 Å². The Labute approximate surface area is 142 Å². The Morgan fingerprint density at radius 1 is 1.32 bits per heavy atom. The zero-order valence-electron chi connectivity index (χ0n) is 13.1. The fourth-order valence-corrected chi connectivity index (χ4v) is 2.32. The Kier molecular flexibility index (Phi) is 4.71. The monoisotopic (exact) mass is 342 g/mol. The number of nitrogens with two attached hydrogens (primary N) is 1. The number of primary amides is 1. The molecular weight excluding hydrogens is 327 g/mol. The third-order valence-electron chi connectivity index (χ3n) is 3.46. The summed E-state index contributed by atoms with van der Waals surface area (Å²) in [7, 11) is 0. The van der Waals surface area contributed by atoms with Gasteiger partial charge in [0.05, 0.1) is 6.61 Å². The minimum absolute atomic E-state index is 0.0321. The molecule has 25 heavy (non-hydrogen) atoms. The van der Waals surface area contributed by atoms with Crippen LogP contribution in [0.5, 0.6) is 5.88 Å². The number of amides is 1. The number of nitrogens with zero attached hydrogens (tertiary/aromatic N) is 2. The van der Waals surface area contributed by atoms with Crippen LogP contribution in [0.15, 0.2) is 36.8 Å². The van der Waals surface area contributed by atoms with Crippen molar-refractivity contribution in [2.45, 2.75) is 0 Å². The highest BCUT2D eigenvalue weighted by molar-refractivity contribution is 5.95. The van der Waals surface area contributed by atoms with Crippen molar-refractivity contribution in [2.24, 2.45) is 5.73 Å². The number of H-pyrrole nitrogens is 1. The number of fused-ring (bicyclic) bond motifs is 1. The van der Waals surface area contributed by atoms with E-state index >= 15 is 0 Å². The van der Waals surface area contributed by atoms with Crippen LogP contribution >= 0.6 is 0 Å². The highest BCUT2D eigenvalue weighted by atomic mass is 19.1. The molecule has 0 fully saturated rings. The molecule has 0 unspecified atom stereocenters. The molecule has 128 valence electrons. The van der Waals surface area contributed by atoms with Crippen LogP contribution in [0.4, 0.5) is 4.39 Å². The summed E-state index contributed by atoms with van der Waals surface area (Å²) in [5.74, 6) is -1.35. The number of carbonyl (C=O) groups is 1. The number of pyridine rings is 2. The van der Waals surface area contributed by atoms with E-state index in [1.807, 2.05) is 6.07 Å². The molecule has 0 spiro atoms. The van der Waals surface area contributed by atoms with Gasteiger partial charge in [0.1, 0.15) is 12.3 Å². The van der Waals surface area contributed by atoms with Crippen molar-refractivity contribution in [1.29, 1.82) is 0 Å². The molecule has 3 rings (SSSR count). The second-order valence-corrected chi connectivity index (χ2v) is 5.18. The predicted molar refractivity (Wildman–Crippen MR) is 90.1 cm³/mol. The van der Waals surface area contributed by atoms with Gasteiger partial charge < -0.3 is 20.6 Å². The fourth-order valence-electron chi connectivity index (χ4n) is 2.32. The predicted octanol–water partition coefficient (Wildman–Crippen LogP) is 1.63. The Morgan fingerprint density at radius 2 is 2.08 bits per heavy atom. The first-order valence-corrected chi connectivity index (χ1v) is 7.42. The van der Waals surface area contributed by atoms with Gasteiger partial charge in [0.2, 0.25) is 11.8 Å². The molecule has 0 saturated carbocycles. The summed E-state index contributed by atoms with van der Waals surface area (Å²) in [6, 6.07) is 3.10. The number of halogens is 1. The number of rotatable bonds is 6. The third kappa shape index (κ3) is 3.64. The lowest BCUT2D eigenvalue weighted by Gasteiger charge is -2.06. The SMILES string of the molecule is NC(=O)/C=C/c1c[nH]c2ncc(-c3cnc(OCCO)c(F)c3)cc12. The highest BCUT2D eigenvalue weighted by Gasteiger charge is 2.10. The molecule has 8 heteroatoms. The number of ether oxygens (including phenoxy) is 1. The minimum Gasteiger partial charge on any atom is -0.473 e. The molecule has 7 nitrogen and oxygen atoms in total. The van der Waals surface area contributed by atoms with Gasteiger partial charge in [-0.3, -0.25) is 4.79 Å². The minimum atomic E-state index is -0.631. The summed E-state index contributed by atoms with van der Waals surface area (Å²) < 4.78 is 19.0. The average molecular weight is 342 g/mol. The van der Waals surface area contributed by atoms with Crippen LogP contribution in [0.25, 0.3) is 28.2 Å². The van der Waals surface area contributed by atoms with Crippen molar-refractivity contribution < 1.29 is 19.0 Å². The first-order chi connectivity index (χ1) is 12.1. The molecule has 0 aliphatic heterocycles. The van der Waals surface area contributed by atoms with Crippen LogP contribution in [-0.2, 0) is 4.79 Å². The standard InChI is InChI=1S/C17H15FN4O3/c18-14-6-12(9-22-17(14)25-4-3-23)11-5-13-10(1-2-15(19)24)7-20-16(13)21-8-11/h1-2,5-9,23H,3-4H2,(H2,19,24)(H,20,21)/b2-1+. The van der Waals surface area contributed by atoms with Crippen LogP contribution < -0.4 is 10.5 Å². The van der Waals surface area contributed by atoms with E-state index in [1.165, 1.54) is 18.3 Å². The quantitative estimate of drug-likeness (QED) is 0.589. The topological polar surface area (TPSA) is 114 Å². The van der Waals surface area contributed by atoms with E-state index in [-0.39, 0.29) is 19.1 Å². The normalized spacial score (nSPS) is 11.3. The summed E-state index contributed by atoms with van der Waals surface area (Å²) in [5, 5.41) is 9.47. The molecular formula is C17H15FN4O3. The molecule has 0 radical (unpaired) electrons. The molecule has 0 saturated heterocycles. The van der Waals surface area contributed by atoms with Gasteiger partial charge in [-0.05, 0) is 18.2 Å². The Hall–Kier alpha value is -3.26. The molecule has 0 atom stereocenters. The zero-order valence-corrected chi connectivity index (χ0v) is 13.1. The molecule has 0 aliphatic carbocycles. The van der Waals surface area contributed by atoms with Gasteiger partial charge in [0.15, 0.2) is 5.82 Å². The van der Waals surface area contributed by atoms with Gasteiger partial charge in [-0.2, -0.15) is 0 Å². The number of carbonyl (C=O) groups excluding carboxylic acids is 1. The van der Waals surface area contributed by atoms with Crippen molar-refractivity contribution in [3.63, 3.8) is 0 Å². The van der Waals surface area contributed by atoms with Gasteiger partial charge in [0.25, 0.3) is 0 Å². The number of aromatic amines is 1. The van der Waals surface area contributed by atoms with Gasteiger partial charge in [-0.25, -0.2) is 14.4 Å². The average Bonchev–Trinajstić information content (AvgIpc) is 3.01. The summed E-state index contributed by atoms with van der Waals surface area (Å²) in [4.78, 5) is 22.1. The molecule has 0 aliphatic rings. The third-order valence-corrected chi connectivity index (χ3v) is 3.46. The van der Waals surface area contributed by atoms with Crippen LogP contribution in [-0.4, -0.2) is 39.2 Å². The molecule has 0 bridgehead atoms. The second-order valence-electron chi connectivity index (χ2n) is 5.18. The Morgan fingerprint density at radius 3 is 2.80 bits per heavy atom. The maximum atomic E-state index is 14.0. The van der Waals surface area contributed by atoms with E-state index in [0.717, 1.165) is 10.9 Å². The summed E-state index contributed by atoms with van der Waals surface area (Å²) in [5.41, 5.74) is 7.65. The van der Waals surface area contributed by atoms with E-state index in [2.05, 4.69) is 15.0 Å². The Balaban J connectivity index is 1.97. The van der Waals surface area contributed by atoms with Crippen LogP contribution in [0.2, 0.25) is 0 Å². The van der Waals surface area contributed by atoms with E-state index < -0.39 is 11.7 Å². The summed E-state index contributed by atoms with van der Waals surface area (Å²) in [6.45, 7) is -0.256. The second kappa shape index (κ2) is 7.10. The van der Waals surface area contributed by atoms with E-state index in [1.54, 1.807) is 18.5 Å². The first-order valence-electron chi connectivity index (χ1n) is 7.42. The molecule has 4 N–H and O–H groups in total. The van der Waals surface area contributed by atoms with Crippen molar-refractivity contribution in [2.75, 3.05) is 13.2 Å². The van der Waals surface area contributed by atoms with Crippen LogP contribution in [0.3, 0.4) is 0 Å². The number of aliphatic hydroxyl groups excluding tert-OH is 1. The summed E-state index contributed by atoms with van der Waals surface area (Å²) in [6.07, 6.45) is 7.59. The lowest BCUT2D eigenvalue weighted by atomic mass is 10.1.